The number of aryl methyl sites for hydroxylation is 1. The van der Waals surface area contributed by atoms with Crippen molar-refractivity contribution in [3.63, 3.8) is 0 Å². The first-order valence-corrected chi connectivity index (χ1v) is 8.59. The second-order valence-corrected chi connectivity index (χ2v) is 6.87. The van der Waals surface area contributed by atoms with E-state index in [1.54, 1.807) is 0 Å². The molecule has 0 fully saturated rings. The third kappa shape index (κ3) is 3.94. The van der Waals surface area contributed by atoms with Gasteiger partial charge in [0.25, 0.3) is 5.22 Å². The number of methoxy groups -OCH3 is 1. The Bertz CT molecular complexity index is 927. The van der Waals surface area contributed by atoms with Crippen LogP contribution in [0.3, 0.4) is 0 Å². The molecule has 0 amide bonds. The first-order valence-electron chi connectivity index (χ1n) is 6.89. The van der Waals surface area contributed by atoms with Gasteiger partial charge in [0.05, 0.1) is 29.2 Å². The molecule has 25 heavy (non-hydrogen) atoms. The Balaban J connectivity index is 1.85. The molecule has 2 heterocycles. The van der Waals surface area contributed by atoms with E-state index in [9.17, 15) is 14.5 Å². The number of hydrogen-bond acceptors (Lipinski definition) is 9. The lowest BCUT2D eigenvalue weighted by Crippen LogP contribution is -1.96. The molecule has 2 aromatic heterocycles. The van der Waals surface area contributed by atoms with E-state index in [1.807, 2.05) is 12.3 Å². The maximum atomic E-state index is 13.9. The number of nitro groups is 1. The van der Waals surface area contributed by atoms with Crippen LogP contribution in [0.1, 0.15) is 16.6 Å². The van der Waals surface area contributed by atoms with Gasteiger partial charge in [-0.1, -0.05) is 0 Å². The molecule has 0 atom stereocenters. The number of nitro benzene ring substituents is 1. The molecule has 0 unspecified atom stereocenters. The largest absolute Gasteiger partial charge is 0.497 e. The van der Waals surface area contributed by atoms with Crippen molar-refractivity contribution in [3.8, 4) is 5.75 Å². The van der Waals surface area contributed by atoms with E-state index in [1.165, 1.54) is 24.5 Å². The minimum Gasteiger partial charge on any atom is -0.497 e. The summed E-state index contributed by atoms with van der Waals surface area (Å²) in [6.45, 7) is 1.89. The lowest BCUT2D eigenvalue weighted by atomic mass is 10.3. The SMILES string of the molecule is COc1cc(F)c([N+](=O)[O-])c(Sc2nnc(Cc3csc(C)n3)o2)c1. The van der Waals surface area contributed by atoms with Crippen LogP contribution in [0, 0.1) is 22.9 Å². The summed E-state index contributed by atoms with van der Waals surface area (Å²) in [7, 11) is 1.34. The fraction of sp³-hybridized carbons (Fsp3) is 0.214. The summed E-state index contributed by atoms with van der Waals surface area (Å²) in [5.74, 6) is -0.522. The summed E-state index contributed by atoms with van der Waals surface area (Å²) in [5, 5.41) is 21.7. The zero-order valence-electron chi connectivity index (χ0n) is 13.1. The summed E-state index contributed by atoms with van der Waals surface area (Å²) >= 11 is 2.31. The predicted octanol–water partition coefficient (Wildman–Crippen LogP) is 3.63. The maximum absolute atomic E-state index is 13.9. The molecule has 0 aliphatic carbocycles. The summed E-state index contributed by atoms with van der Waals surface area (Å²) < 4.78 is 24.4. The Hall–Kier alpha value is -2.53. The van der Waals surface area contributed by atoms with Crippen molar-refractivity contribution in [1.29, 1.82) is 0 Å². The number of ether oxygens (including phenoxy) is 1. The van der Waals surface area contributed by atoms with Crippen LogP contribution in [0.2, 0.25) is 0 Å². The monoisotopic (exact) mass is 382 g/mol. The highest BCUT2D eigenvalue weighted by Gasteiger charge is 2.24. The van der Waals surface area contributed by atoms with E-state index < -0.39 is 16.4 Å². The molecule has 0 N–H and O–H groups in total. The standard InChI is InChI=1S/C14H11FN4O4S2/c1-7-16-8(6-24-7)3-12-17-18-14(23-12)25-11-5-9(22-2)4-10(15)13(11)19(20)21/h4-6H,3H2,1-2H3. The zero-order chi connectivity index (χ0) is 18.0. The molecule has 130 valence electrons. The maximum Gasteiger partial charge on any atom is 0.319 e. The van der Waals surface area contributed by atoms with Crippen LogP contribution in [0.4, 0.5) is 10.1 Å². The number of halogens is 1. The van der Waals surface area contributed by atoms with Crippen molar-refractivity contribution in [3.05, 3.63) is 50.0 Å². The quantitative estimate of drug-likeness (QED) is 0.470. The highest BCUT2D eigenvalue weighted by molar-refractivity contribution is 7.99. The number of thiazole rings is 1. The lowest BCUT2D eigenvalue weighted by Gasteiger charge is -2.04. The van der Waals surface area contributed by atoms with Crippen LogP contribution in [0.25, 0.3) is 0 Å². The van der Waals surface area contributed by atoms with Gasteiger partial charge in [0, 0.05) is 17.5 Å². The van der Waals surface area contributed by atoms with Gasteiger partial charge in [0.15, 0.2) is 0 Å². The van der Waals surface area contributed by atoms with E-state index in [4.69, 9.17) is 9.15 Å². The minimum atomic E-state index is -0.996. The average molecular weight is 382 g/mol. The topological polar surface area (TPSA) is 104 Å². The second-order valence-electron chi connectivity index (χ2n) is 4.81. The summed E-state index contributed by atoms with van der Waals surface area (Å²) in [6, 6.07) is 2.30. The van der Waals surface area contributed by atoms with Crippen LogP contribution in [-0.4, -0.2) is 27.2 Å². The van der Waals surface area contributed by atoms with Gasteiger partial charge >= 0.3 is 5.69 Å². The molecule has 0 saturated carbocycles. The van der Waals surface area contributed by atoms with Crippen LogP contribution >= 0.6 is 23.1 Å². The number of hydrogen-bond donors (Lipinski definition) is 0. The number of aromatic nitrogens is 3. The molecule has 3 aromatic rings. The molecule has 0 radical (unpaired) electrons. The molecule has 0 saturated heterocycles. The van der Waals surface area contributed by atoms with Crippen LogP contribution in [-0.2, 0) is 6.42 Å². The molecule has 0 aliphatic rings. The van der Waals surface area contributed by atoms with Gasteiger partial charge in [0.1, 0.15) is 10.6 Å². The van der Waals surface area contributed by atoms with Crippen molar-refractivity contribution in [1.82, 2.24) is 15.2 Å². The minimum absolute atomic E-state index is 0.0153. The first-order chi connectivity index (χ1) is 12.0. The summed E-state index contributed by atoms with van der Waals surface area (Å²) in [4.78, 5) is 14.6. The highest BCUT2D eigenvalue weighted by Crippen LogP contribution is 2.38. The van der Waals surface area contributed by atoms with E-state index in [0.717, 1.165) is 28.5 Å². The Morgan fingerprint density at radius 2 is 2.24 bits per heavy atom. The third-order valence-corrected chi connectivity index (χ3v) is 4.76. The number of nitrogens with zero attached hydrogens (tertiary/aromatic N) is 4. The summed E-state index contributed by atoms with van der Waals surface area (Å²) in [6.07, 6.45) is 0.354. The Morgan fingerprint density at radius 1 is 1.44 bits per heavy atom. The molecule has 0 aliphatic heterocycles. The fourth-order valence-corrected chi connectivity index (χ4v) is 3.48. The van der Waals surface area contributed by atoms with Gasteiger partial charge in [-0.25, -0.2) is 4.98 Å². The van der Waals surface area contributed by atoms with Crippen molar-refractivity contribution >= 4 is 28.8 Å². The predicted molar refractivity (Wildman–Crippen MR) is 87.7 cm³/mol. The molecule has 3 rings (SSSR count). The van der Waals surface area contributed by atoms with E-state index in [0.29, 0.717) is 12.3 Å². The molecule has 0 bridgehead atoms. The Morgan fingerprint density at radius 3 is 2.88 bits per heavy atom. The van der Waals surface area contributed by atoms with Crippen molar-refractivity contribution in [2.45, 2.75) is 23.5 Å². The van der Waals surface area contributed by atoms with E-state index in [-0.39, 0.29) is 15.9 Å². The molecular formula is C14H11FN4O4S2. The van der Waals surface area contributed by atoms with Gasteiger partial charge in [-0.15, -0.1) is 21.5 Å². The van der Waals surface area contributed by atoms with Gasteiger partial charge in [0.2, 0.25) is 11.7 Å². The van der Waals surface area contributed by atoms with Crippen LogP contribution in [0.15, 0.2) is 32.0 Å². The Kier molecular flexibility index (Phi) is 4.95. The number of benzene rings is 1. The van der Waals surface area contributed by atoms with Gasteiger partial charge in [-0.3, -0.25) is 10.1 Å². The zero-order valence-corrected chi connectivity index (χ0v) is 14.7. The van der Waals surface area contributed by atoms with Crippen molar-refractivity contribution in [2.75, 3.05) is 7.11 Å². The smallest absolute Gasteiger partial charge is 0.319 e. The van der Waals surface area contributed by atoms with E-state index >= 15 is 0 Å². The third-order valence-electron chi connectivity index (χ3n) is 3.06. The van der Waals surface area contributed by atoms with Crippen molar-refractivity contribution < 1.29 is 18.5 Å². The van der Waals surface area contributed by atoms with Gasteiger partial charge < -0.3 is 9.15 Å². The first kappa shape index (κ1) is 17.3. The average Bonchev–Trinajstić information content (AvgIpc) is 3.15. The molecule has 11 heteroatoms. The molecule has 1 aromatic carbocycles. The summed E-state index contributed by atoms with van der Waals surface area (Å²) in [5.41, 5.74) is 0.127. The number of rotatable bonds is 6. The Labute approximate surface area is 149 Å². The lowest BCUT2D eigenvalue weighted by molar-refractivity contribution is -0.390. The molecule has 8 nitrogen and oxygen atoms in total. The van der Waals surface area contributed by atoms with Crippen molar-refractivity contribution in [2.24, 2.45) is 0 Å². The van der Waals surface area contributed by atoms with Crippen LogP contribution < -0.4 is 4.74 Å². The second kappa shape index (κ2) is 7.15. The molecule has 0 spiro atoms. The van der Waals surface area contributed by atoms with Crippen LogP contribution in [0.5, 0.6) is 5.75 Å². The van der Waals surface area contributed by atoms with E-state index in [2.05, 4.69) is 15.2 Å². The van der Waals surface area contributed by atoms with Gasteiger partial charge in [-0.05, 0) is 18.7 Å². The molecular weight excluding hydrogens is 371 g/mol. The normalized spacial score (nSPS) is 10.8. The fourth-order valence-electron chi connectivity index (χ4n) is 2.01. The highest BCUT2D eigenvalue weighted by atomic mass is 32.2. The van der Waals surface area contributed by atoms with Gasteiger partial charge in [-0.2, -0.15) is 4.39 Å².